The molecule has 0 fully saturated rings. The number of hydrogen-bond donors (Lipinski definition) is 0. The molecule has 0 aliphatic heterocycles. The first-order chi connectivity index (χ1) is 9.56. The summed E-state index contributed by atoms with van der Waals surface area (Å²) >= 11 is 0. The SMILES string of the molecule is CC(C)CN(Cc1ccccc1)c1ccc(F)cc1F. The third-order valence-corrected chi connectivity index (χ3v) is 3.05. The summed E-state index contributed by atoms with van der Waals surface area (Å²) in [5.41, 5.74) is 1.56. The molecule has 1 nitrogen and oxygen atoms in total. The van der Waals surface area contributed by atoms with Gasteiger partial charge in [0.05, 0.1) is 5.69 Å². The molecule has 0 unspecified atom stereocenters. The van der Waals surface area contributed by atoms with Gasteiger partial charge in [0.25, 0.3) is 0 Å². The number of nitrogens with zero attached hydrogens (tertiary/aromatic N) is 1. The second kappa shape index (κ2) is 6.51. The van der Waals surface area contributed by atoms with Gasteiger partial charge in [-0.15, -0.1) is 0 Å². The van der Waals surface area contributed by atoms with E-state index in [-0.39, 0.29) is 0 Å². The van der Waals surface area contributed by atoms with Crippen LogP contribution in [0.4, 0.5) is 14.5 Å². The van der Waals surface area contributed by atoms with Gasteiger partial charge in [-0.2, -0.15) is 0 Å². The minimum atomic E-state index is -0.546. The highest BCUT2D eigenvalue weighted by Gasteiger charge is 2.14. The third kappa shape index (κ3) is 3.80. The van der Waals surface area contributed by atoms with Gasteiger partial charge in [-0.05, 0) is 23.6 Å². The molecule has 0 aliphatic carbocycles. The zero-order chi connectivity index (χ0) is 14.5. The third-order valence-electron chi connectivity index (χ3n) is 3.05. The van der Waals surface area contributed by atoms with Gasteiger partial charge in [0, 0.05) is 19.2 Å². The van der Waals surface area contributed by atoms with Crippen molar-refractivity contribution in [3.63, 3.8) is 0 Å². The molecule has 3 heteroatoms. The van der Waals surface area contributed by atoms with Gasteiger partial charge in [-0.3, -0.25) is 0 Å². The van der Waals surface area contributed by atoms with Crippen molar-refractivity contribution in [1.82, 2.24) is 0 Å². The molecule has 0 saturated heterocycles. The summed E-state index contributed by atoms with van der Waals surface area (Å²) in [4.78, 5) is 1.95. The van der Waals surface area contributed by atoms with Gasteiger partial charge in [0.15, 0.2) is 0 Å². The Morgan fingerprint density at radius 2 is 1.70 bits per heavy atom. The molecular weight excluding hydrogens is 256 g/mol. The van der Waals surface area contributed by atoms with E-state index in [2.05, 4.69) is 13.8 Å². The smallest absolute Gasteiger partial charge is 0.149 e. The molecule has 20 heavy (non-hydrogen) atoms. The summed E-state index contributed by atoms with van der Waals surface area (Å²) in [6, 6.07) is 13.6. The minimum Gasteiger partial charge on any atom is -0.365 e. The fourth-order valence-electron chi connectivity index (χ4n) is 2.23. The zero-order valence-corrected chi connectivity index (χ0v) is 11.8. The van der Waals surface area contributed by atoms with Crippen LogP contribution in [0.2, 0.25) is 0 Å². The Bertz CT molecular complexity index is 552. The molecule has 106 valence electrons. The largest absolute Gasteiger partial charge is 0.365 e. The van der Waals surface area contributed by atoms with E-state index in [4.69, 9.17) is 0 Å². The molecule has 2 aromatic carbocycles. The quantitative estimate of drug-likeness (QED) is 0.769. The standard InChI is InChI=1S/C17H19F2N/c1-13(2)11-20(12-14-6-4-3-5-7-14)17-9-8-15(18)10-16(17)19/h3-10,13H,11-12H2,1-2H3. The average molecular weight is 275 g/mol. The maximum absolute atomic E-state index is 14.0. The molecule has 2 aromatic rings. The lowest BCUT2D eigenvalue weighted by Gasteiger charge is -2.27. The first-order valence-electron chi connectivity index (χ1n) is 6.80. The van der Waals surface area contributed by atoms with Crippen LogP contribution in [0.5, 0.6) is 0 Å². The average Bonchev–Trinajstić information content (AvgIpc) is 2.38. The maximum atomic E-state index is 14.0. The molecule has 0 aromatic heterocycles. The summed E-state index contributed by atoms with van der Waals surface area (Å²) in [6.45, 7) is 5.50. The van der Waals surface area contributed by atoms with E-state index < -0.39 is 11.6 Å². The van der Waals surface area contributed by atoms with Crippen molar-refractivity contribution in [2.75, 3.05) is 11.4 Å². The van der Waals surface area contributed by atoms with Crippen LogP contribution in [0.25, 0.3) is 0 Å². The van der Waals surface area contributed by atoms with Crippen LogP contribution >= 0.6 is 0 Å². The van der Waals surface area contributed by atoms with Gasteiger partial charge in [-0.1, -0.05) is 44.2 Å². The van der Waals surface area contributed by atoms with Crippen LogP contribution in [-0.2, 0) is 6.54 Å². The van der Waals surface area contributed by atoms with Gasteiger partial charge >= 0.3 is 0 Å². The summed E-state index contributed by atoms with van der Waals surface area (Å²) in [7, 11) is 0. The van der Waals surface area contributed by atoms with E-state index in [9.17, 15) is 8.78 Å². The molecule has 2 rings (SSSR count). The molecule has 0 aliphatic rings. The Labute approximate surface area is 118 Å². The lowest BCUT2D eigenvalue weighted by Crippen LogP contribution is -2.28. The van der Waals surface area contributed by atoms with Gasteiger partial charge in [0.1, 0.15) is 11.6 Å². The van der Waals surface area contributed by atoms with Crippen LogP contribution in [0.3, 0.4) is 0 Å². The van der Waals surface area contributed by atoms with Crippen LogP contribution in [0.15, 0.2) is 48.5 Å². The van der Waals surface area contributed by atoms with Gasteiger partial charge in [-0.25, -0.2) is 8.78 Å². The predicted molar refractivity (Wildman–Crippen MR) is 78.7 cm³/mol. The van der Waals surface area contributed by atoms with Crippen molar-refractivity contribution >= 4 is 5.69 Å². The van der Waals surface area contributed by atoms with Crippen LogP contribution in [0.1, 0.15) is 19.4 Å². The second-order valence-electron chi connectivity index (χ2n) is 5.36. The molecular formula is C17H19F2N. The highest BCUT2D eigenvalue weighted by atomic mass is 19.1. The van der Waals surface area contributed by atoms with E-state index in [0.717, 1.165) is 18.2 Å². The van der Waals surface area contributed by atoms with E-state index >= 15 is 0 Å². The zero-order valence-electron chi connectivity index (χ0n) is 11.8. The van der Waals surface area contributed by atoms with Crippen molar-refractivity contribution in [3.05, 3.63) is 65.7 Å². The van der Waals surface area contributed by atoms with Crippen molar-refractivity contribution in [1.29, 1.82) is 0 Å². The minimum absolute atomic E-state index is 0.392. The monoisotopic (exact) mass is 275 g/mol. The summed E-state index contributed by atoms with van der Waals surface area (Å²) in [6.07, 6.45) is 0. The number of hydrogen-bond acceptors (Lipinski definition) is 1. The summed E-state index contributed by atoms with van der Waals surface area (Å²) in [5.74, 6) is -0.666. The van der Waals surface area contributed by atoms with E-state index in [0.29, 0.717) is 18.2 Å². The van der Waals surface area contributed by atoms with Crippen molar-refractivity contribution in [3.8, 4) is 0 Å². The van der Waals surface area contributed by atoms with Gasteiger partial charge in [0.2, 0.25) is 0 Å². The van der Waals surface area contributed by atoms with Crippen LogP contribution in [0, 0.1) is 17.6 Å². The Morgan fingerprint density at radius 3 is 2.30 bits per heavy atom. The number of anilines is 1. The number of rotatable bonds is 5. The fourth-order valence-corrected chi connectivity index (χ4v) is 2.23. The lowest BCUT2D eigenvalue weighted by atomic mass is 10.1. The first kappa shape index (κ1) is 14.5. The number of benzene rings is 2. The Kier molecular flexibility index (Phi) is 4.72. The molecule has 0 amide bonds. The van der Waals surface area contributed by atoms with Crippen molar-refractivity contribution < 1.29 is 8.78 Å². The molecule has 0 spiro atoms. The second-order valence-corrected chi connectivity index (χ2v) is 5.36. The molecule has 0 heterocycles. The lowest BCUT2D eigenvalue weighted by molar-refractivity contribution is 0.562. The van der Waals surface area contributed by atoms with Crippen molar-refractivity contribution in [2.24, 2.45) is 5.92 Å². The summed E-state index contributed by atoms with van der Waals surface area (Å²) in [5, 5.41) is 0. The van der Waals surface area contributed by atoms with E-state index in [1.54, 1.807) is 0 Å². The first-order valence-corrected chi connectivity index (χ1v) is 6.80. The molecule has 0 bridgehead atoms. The van der Waals surface area contributed by atoms with E-state index in [1.165, 1.54) is 12.1 Å². The summed E-state index contributed by atoms with van der Waals surface area (Å²) < 4.78 is 27.0. The highest BCUT2D eigenvalue weighted by molar-refractivity contribution is 5.48. The Balaban J connectivity index is 2.27. The van der Waals surface area contributed by atoms with Crippen LogP contribution < -0.4 is 4.90 Å². The number of halogens is 2. The van der Waals surface area contributed by atoms with Gasteiger partial charge < -0.3 is 4.90 Å². The van der Waals surface area contributed by atoms with Crippen molar-refractivity contribution in [2.45, 2.75) is 20.4 Å². The molecule has 0 N–H and O–H groups in total. The fraction of sp³-hybridized carbons (Fsp3) is 0.294. The van der Waals surface area contributed by atoms with Crippen LogP contribution in [-0.4, -0.2) is 6.54 Å². The Hall–Kier alpha value is -1.90. The highest BCUT2D eigenvalue weighted by Crippen LogP contribution is 2.23. The Morgan fingerprint density at radius 1 is 1.00 bits per heavy atom. The molecule has 0 atom stereocenters. The van der Waals surface area contributed by atoms with E-state index in [1.807, 2.05) is 35.2 Å². The normalized spacial score (nSPS) is 10.8. The maximum Gasteiger partial charge on any atom is 0.149 e. The predicted octanol–water partition coefficient (Wildman–Crippen LogP) is 4.63. The topological polar surface area (TPSA) is 3.24 Å². The molecule has 0 radical (unpaired) electrons. The molecule has 0 saturated carbocycles.